The molecule has 0 aromatic carbocycles. The highest BCUT2D eigenvalue weighted by Gasteiger charge is 2.24. The van der Waals surface area contributed by atoms with E-state index in [1.54, 1.807) is 4.90 Å². The van der Waals surface area contributed by atoms with Crippen LogP contribution in [0.5, 0.6) is 0 Å². The van der Waals surface area contributed by atoms with Gasteiger partial charge in [0.25, 0.3) is 0 Å². The standard InChI is InChI=1S/C11H22N2O/c1-2-3-4-7-13-8-5-10(6-9-13)11(12)14/h10H,2-9H2,1H3,(H2,12,14)/p+1. The molecule has 3 N–H and O–H groups in total. The Kier molecular flexibility index (Phi) is 4.94. The van der Waals surface area contributed by atoms with E-state index in [0.717, 1.165) is 25.9 Å². The first-order valence-electron chi connectivity index (χ1n) is 5.87. The molecular weight excluding hydrogens is 176 g/mol. The molecule has 0 saturated carbocycles. The second-order valence-electron chi connectivity index (χ2n) is 4.38. The average Bonchev–Trinajstić information content (AvgIpc) is 2.19. The summed E-state index contributed by atoms with van der Waals surface area (Å²) in [7, 11) is 0. The summed E-state index contributed by atoms with van der Waals surface area (Å²) in [5, 5.41) is 0. The minimum absolute atomic E-state index is 0.0994. The van der Waals surface area contributed by atoms with Gasteiger partial charge < -0.3 is 10.6 Å². The number of primary amides is 1. The van der Waals surface area contributed by atoms with Gasteiger partial charge in [0, 0.05) is 18.8 Å². The van der Waals surface area contributed by atoms with Crippen molar-refractivity contribution in [2.75, 3.05) is 19.6 Å². The van der Waals surface area contributed by atoms with Crippen molar-refractivity contribution in [3.05, 3.63) is 0 Å². The Morgan fingerprint density at radius 1 is 1.36 bits per heavy atom. The second-order valence-corrected chi connectivity index (χ2v) is 4.38. The molecule has 1 aliphatic rings. The fourth-order valence-corrected chi connectivity index (χ4v) is 2.19. The van der Waals surface area contributed by atoms with Crippen LogP contribution in [-0.2, 0) is 4.79 Å². The number of hydrogen-bond acceptors (Lipinski definition) is 1. The first-order chi connectivity index (χ1) is 6.74. The average molecular weight is 199 g/mol. The molecule has 1 amide bonds. The Morgan fingerprint density at radius 2 is 2.00 bits per heavy atom. The van der Waals surface area contributed by atoms with Gasteiger partial charge in [-0.25, -0.2) is 0 Å². The van der Waals surface area contributed by atoms with Crippen molar-refractivity contribution in [3.63, 3.8) is 0 Å². The topological polar surface area (TPSA) is 47.5 Å². The van der Waals surface area contributed by atoms with Gasteiger partial charge in [-0.1, -0.05) is 13.3 Å². The molecule has 1 fully saturated rings. The molecular formula is C11H23N2O+. The molecule has 0 aliphatic carbocycles. The van der Waals surface area contributed by atoms with Crippen LogP contribution in [0, 0.1) is 5.92 Å². The van der Waals surface area contributed by atoms with Crippen molar-refractivity contribution >= 4 is 5.91 Å². The quantitative estimate of drug-likeness (QED) is 0.600. The Balaban J connectivity index is 2.12. The number of likely N-dealkylation sites (tertiary alicyclic amines) is 1. The maximum Gasteiger partial charge on any atom is 0.220 e. The van der Waals surface area contributed by atoms with Crippen LogP contribution in [0.2, 0.25) is 0 Å². The van der Waals surface area contributed by atoms with E-state index >= 15 is 0 Å². The first-order valence-corrected chi connectivity index (χ1v) is 5.87. The number of quaternary nitrogens is 1. The number of carbonyl (C=O) groups excluding carboxylic acids is 1. The van der Waals surface area contributed by atoms with E-state index in [2.05, 4.69) is 6.92 Å². The number of piperidine rings is 1. The van der Waals surface area contributed by atoms with E-state index in [1.165, 1.54) is 25.8 Å². The Bertz CT molecular complexity index is 174. The number of rotatable bonds is 5. The predicted octanol–water partition coefficient (Wildman–Crippen LogP) is -0.0432. The summed E-state index contributed by atoms with van der Waals surface area (Å²) in [5.41, 5.74) is 5.29. The summed E-state index contributed by atoms with van der Waals surface area (Å²) in [6, 6.07) is 0. The van der Waals surface area contributed by atoms with E-state index in [9.17, 15) is 4.79 Å². The number of nitrogens with two attached hydrogens (primary N) is 1. The molecule has 1 heterocycles. The van der Waals surface area contributed by atoms with Crippen molar-refractivity contribution < 1.29 is 9.69 Å². The zero-order chi connectivity index (χ0) is 10.4. The monoisotopic (exact) mass is 199 g/mol. The van der Waals surface area contributed by atoms with E-state index in [0.29, 0.717) is 0 Å². The lowest BCUT2D eigenvalue weighted by Gasteiger charge is -2.27. The highest BCUT2D eigenvalue weighted by atomic mass is 16.1. The van der Waals surface area contributed by atoms with Crippen molar-refractivity contribution in [2.24, 2.45) is 11.7 Å². The Morgan fingerprint density at radius 3 is 2.50 bits per heavy atom. The zero-order valence-electron chi connectivity index (χ0n) is 9.22. The summed E-state index contributed by atoms with van der Waals surface area (Å²) in [6.07, 6.45) is 5.95. The molecule has 14 heavy (non-hydrogen) atoms. The van der Waals surface area contributed by atoms with Gasteiger partial charge in [-0.15, -0.1) is 0 Å². The van der Waals surface area contributed by atoms with Gasteiger partial charge in [0.1, 0.15) is 0 Å². The van der Waals surface area contributed by atoms with Gasteiger partial charge in [-0.3, -0.25) is 4.79 Å². The van der Waals surface area contributed by atoms with Gasteiger partial charge in [-0.2, -0.15) is 0 Å². The normalized spacial score (nSPS) is 27.5. The summed E-state index contributed by atoms with van der Waals surface area (Å²) in [5.74, 6) is 0.0579. The van der Waals surface area contributed by atoms with Crippen LogP contribution < -0.4 is 10.6 Å². The van der Waals surface area contributed by atoms with Gasteiger partial charge in [0.2, 0.25) is 5.91 Å². The van der Waals surface area contributed by atoms with E-state index in [-0.39, 0.29) is 11.8 Å². The fourth-order valence-electron chi connectivity index (χ4n) is 2.19. The second kappa shape index (κ2) is 6.02. The van der Waals surface area contributed by atoms with Crippen LogP contribution in [0.1, 0.15) is 39.0 Å². The summed E-state index contributed by atoms with van der Waals surface area (Å²) >= 11 is 0. The third-order valence-electron chi connectivity index (χ3n) is 3.23. The van der Waals surface area contributed by atoms with Crippen LogP contribution in [-0.4, -0.2) is 25.5 Å². The number of unbranched alkanes of at least 4 members (excludes halogenated alkanes) is 2. The predicted molar refractivity (Wildman–Crippen MR) is 57.0 cm³/mol. The van der Waals surface area contributed by atoms with Crippen molar-refractivity contribution in [3.8, 4) is 0 Å². The largest absolute Gasteiger partial charge is 0.369 e. The molecule has 0 atom stereocenters. The molecule has 82 valence electrons. The Hall–Kier alpha value is -0.570. The highest BCUT2D eigenvalue weighted by molar-refractivity contribution is 5.76. The first kappa shape index (κ1) is 11.5. The van der Waals surface area contributed by atoms with E-state index < -0.39 is 0 Å². The molecule has 0 bridgehead atoms. The van der Waals surface area contributed by atoms with Crippen molar-refractivity contribution in [1.29, 1.82) is 0 Å². The minimum Gasteiger partial charge on any atom is -0.369 e. The van der Waals surface area contributed by atoms with Crippen LogP contribution in [0.3, 0.4) is 0 Å². The third-order valence-corrected chi connectivity index (χ3v) is 3.23. The van der Waals surface area contributed by atoms with Crippen LogP contribution >= 0.6 is 0 Å². The van der Waals surface area contributed by atoms with E-state index in [1.807, 2.05) is 0 Å². The number of nitrogens with one attached hydrogen (secondary N) is 1. The molecule has 0 spiro atoms. The maximum absolute atomic E-state index is 10.9. The lowest BCUT2D eigenvalue weighted by molar-refractivity contribution is -0.906. The highest BCUT2D eigenvalue weighted by Crippen LogP contribution is 2.07. The summed E-state index contributed by atoms with van der Waals surface area (Å²) < 4.78 is 0. The zero-order valence-corrected chi connectivity index (χ0v) is 9.22. The molecule has 1 aliphatic heterocycles. The lowest BCUT2D eigenvalue weighted by atomic mass is 9.96. The van der Waals surface area contributed by atoms with Gasteiger partial charge >= 0.3 is 0 Å². The van der Waals surface area contributed by atoms with Gasteiger partial charge in [0.05, 0.1) is 19.6 Å². The molecule has 0 aromatic heterocycles. The number of hydrogen-bond donors (Lipinski definition) is 2. The number of carbonyl (C=O) groups is 1. The third kappa shape index (κ3) is 3.66. The molecule has 1 rings (SSSR count). The molecule has 3 heteroatoms. The Labute approximate surface area is 86.6 Å². The molecule has 0 unspecified atom stereocenters. The molecule has 1 saturated heterocycles. The summed E-state index contributed by atoms with van der Waals surface area (Å²) in [4.78, 5) is 12.6. The van der Waals surface area contributed by atoms with Crippen LogP contribution in [0.4, 0.5) is 0 Å². The molecule has 3 nitrogen and oxygen atoms in total. The smallest absolute Gasteiger partial charge is 0.220 e. The van der Waals surface area contributed by atoms with Gasteiger partial charge in [-0.05, 0) is 12.8 Å². The van der Waals surface area contributed by atoms with Crippen molar-refractivity contribution in [1.82, 2.24) is 0 Å². The van der Waals surface area contributed by atoms with Crippen molar-refractivity contribution in [2.45, 2.75) is 39.0 Å². The van der Waals surface area contributed by atoms with Gasteiger partial charge in [0.15, 0.2) is 0 Å². The lowest BCUT2D eigenvalue weighted by Crippen LogP contribution is -3.13. The van der Waals surface area contributed by atoms with Crippen LogP contribution in [0.25, 0.3) is 0 Å². The molecule has 0 radical (unpaired) electrons. The van der Waals surface area contributed by atoms with Crippen LogP contribution in [0.15, 0.2) is 0 Å². The molecule has 0 aromatic rings. The maximum atomic E-state index is 10.9. The minimum atomic E-state index is -0.0994. The summed E-state index contributed by atoms with van der Waals surface area (Å²) in [6.45, 7) is 5.78. The SMILES string of the molecule is CCCCC[NH+]1CCC(C(N)=O)CC1. The fraction of sp³-hybridized carbons (Fsp3) is 0.909. The van der Waals surface area contributed by atoms with E-state index in [4.69, 9.17) is 5.73 Å². The number of amides is 1.